The average Bonchev–Trinajstić information content (AvgIpc) is 2.96. The number of amides is 1. The van der Waals surface area contributed by atoms with Crippen LogP contribution in [-0.4, -0.2) is 32.2 Å². The van der Waals surface area contributed by atoms with Gasteiger partial charge in [0.2, 0.25) is 5.95 Å². The number of H-pyrrole nitrogens is 1. The Hall–Kier alpha value is -3.13. The van der Waals surface area contributed by atoms with E-state index in [9.17, 15) is 14.7 Å². The Bertz CT molecular complexity index is 912. The predicted octanol–water partition coefficient (Wildman–Crippen LogP) is 1.68. The van der Waals surface area contributed by atoms with E-state index >= 15 is 0 Å². The molecule has 8 nitrogen and oxygen atoms in total. The molecule has 0 aliphatic heterocycles. The highest BCUT2D eigenvalue weighted by molar-refractivity contribution is 6.05. The second-order valence-electron chi connectivity index (χ2n) is 5.03. The average molecular weight is 328 g/mol. The minimum Gasteiger partial charge on any atom is -0.507 e. The van der Waals surface area contributed by atoms with Crippen molar-refractivity contribution in [2.45, 2.75) is 13.7 Å². The van der Waals surface area contributed by atoms with Gasteiger partial charge >= 0.3 is 0 Å². The van der Waals surface area contributed by atoms with E-state index in [2.05, 4.69) is 15.3 Å². The van der Waals surface area contributed by atoms with Crippen LogP contribution in [0.4, 0.5) is 5.95 Å². The number of hydrogen-bond donors (Lipinski definition) is 3. The van der Waals surface area contributed by atoms with E-state index in [-0.39, 0.29) is 18.2 Å². The minimum atomic E-state index is -0.748. The second-order valence-corrected chi connectivity index (χ2v) is 5.03. The fourth-order valence-electron chi connectivity index (χ4n) is 2.25. The molecule has 3 aromatic rings. The predicted molar refractivity (Wildman–Crippen MR) is 88.0 cm³/mol. The molecule has 1 aromatic carbocycles. The zero-order valence-corrected chi connectivity index (χ0v) is 12.9. The molecule has 0 fully saturated rings. The van der Waals surface area contributed by atoms with Crippen molar-refractivity contribution in [2.75, 3.05) is 11.9 Å². The summed E-state index contributed by atoms with van der Waals surface area (Å²) in [5, 5.41) is 12.4. The number of imidazole rings is 1. The topological polar surface area (TPSA) is 109 Å². The smallest absolute Gasteiger partial charge is 0.269 e. The van der Waals surface area contributed by atoms with Gasteiger partial charge in [0, 0.05) is 12.8 Å². The van der Waals surface area contributed by atoms with Crippen LogP contribution in [-0.2, 0) is 11.5 Å². The van der Waals surface area contributed by atoms with Gasteiger partial charge in [0.1, 0.15) is 18.0 Å². The molecule has 0 aliphatic carbocycles. The molecule has 3 N–H and O–H groups in total. The third kappa shape index (κ3) is 2.99. The molecule has 0 aliphatic rings. The Balaban J connectivity index is 1.90. The van der Waals surface area contributed by atoms with Gasteiger partial charge in [0.15, 0.2) is 0 Å². The van der Waals surface area contributed by atoms with E-state index in [0.717, 1.165) is 5.52 Å². The lowest BCUT2D eigenvalue weighted by atomic mass is 10.2. The molecule has 0 saturated carbocycles. The summed E-state index contributed by atoms with van der Waals surface area (Å²) in [6, 6.07) is 8.53. The minimum absolute atomic E-state index is 0.000527. The lowest BCUT2D eigenvalue weighted by molar-refractivity contribution is 0.0845. The number of rotatable bonds is 5. The summed E-state index contributed by atoms with van der Waals surface area (Å²) in [6.07, 6.45) is 1.37. The zero-order valence-electron chi connectivity index (χ0n) is 12.9. The first-order chi connectivity index (χ1) is 11.6. The number of nitrogens with zero attached hydrogens (tertiary/aromatic N) is 2. The first-order valence-corrected chi connectivity index (χ1v) is 7.36. The quantitative estimate of drug-likeness (QED) is 0.660. The molecule has 0 bridgehead atoms. The maximum atomic E-state index is 12.4. The number of aromatic amines is 1. The van der Waals surface area contributed by atoms with Gasteiger partial charge < -0.3 is 14.8 Å². The maximum absolute atomic E-state index is 12.4. The molecule has 24 heavy (non-hydrogen) atoms. The standard InChI is InChI=1S/C16H16N4O4/c1-2-24-9-20-8-7-12(21)13(15(20)23)14(22)19-16-17-10-5-3-4-6-11(10)18-16/h3-8,21H,2,9H2,1H3,(H2,17,18,19,22). The number of anilines is 1. The molecule has 0 spiro atoms. The van der Waals surface area contributed by atoms with Crippen LogP contribution >= 0.6 is 0 Å². The molecular formula is C16H16N4O4. The van der Waals surface area contributed by atoms with Crippen molar-refractivity contribution in [1.82, 2.24) is 14.5 Å². The number of para-hydroxylation sites is 2. The van der Waals surface area contributed by atoms with E-state index in [1.54, 1.807) is 13.0 Å². The first-order valence-electron chi connectivity index (χ1n) is 7.36. The number of benzene rings is 1. The molecule has 2 aromatic heterocycles. The number of pyridine rings is 1. The van der Waals surface area contributed by atoms with E-state index in [4.69, 9.17) is 4.74 Å². The summed E-state index contributed by atoms with van der Waals surface area (Å²) < 4.78 is 6.37. The Morgan fingerprint density at radius 2 is 2.17 bits per heavy atom. The molecule has 0 atom stereocenters. The van der Waals surface area contributed by atoms with Crippen LogP contribution < -0.4 is 10.9 Å². The van der Waals surface area contributed by atoms with Crippen molar-refractivity contribution < 1.29 is 14.6 Å². The van der Waals surface area contributed by atoms with Crippen molar-refractivity contribution in [2.24, 2.45) is 0 Å². The monoisotopic (exact) mass is 328 g/mol. The lowest BCUT2D eigenvalue weighted by Crippen LogP contribution is -2.29. The number of ether oxygens (including phenoxy) is 1. The molecular weight excluding hydrogens is 312 g/mol. The largest absolute Gasteiger partial charge is 0.507 e. The van der Waals surface area contributed by atoms with E-state index in [1.165, 1.54) is 16.8 Å². The molecule has 0 saturated heterocycles. The van der Waals surface area contributed by atoms with Crippen molar-refractivity contribution >= 4 is 22.9 Å². The molecule has 3 rings (SSSR count). The third-order valence-electron chi connectivity index (χ3n) is 3.43. The van der Waals surface area contributed by atoms with Crippen molar-refractivity contribution in [3.63, 3.8) is 0 Å². The fraction of sp³-hybridized carbons (Fsp3) is 0.188. The second kappa shape index (κ2) is 6.55. The van der Waals surface area contributed by atoms with Gasteiger partial charge in [-0.2, -0.15) is 0 Å². The molecule has 2 heterocycles. The third-order valence-corrected chi connectivity index (χ3v) is 3.43. The van der Waals surface area contributed by atoms with Crippen LogP contribution in [0.2, 0.25) is 0 Å². The highest BCUT2D eigenvalue weighted by Crippen LogP contribution is 2.16. The number of fused-ring (bicyclic) bond motifs is 1. The van der Waals surface area contributed by atoms with E-state index in [1.807, 2.05) is 18.2 Å². The highest BCUT2D eigenvalue weighted by atomic mass is 16.5. The van der Waals surface area contributed by atoms with Gasteiger partial charge in [-0.05, 0) is 25.1 Å². The number of carbonyl (C=O) groups excluding carboxylic acids is 1. The Morgan fingerprint density at radius 3 is 2.92 bits per heavy atom. The van der Waals surface area contributed by atoms with E-state index in [0.29, 0.717) is 12.1 Å². The summed E-state index contributed by atoms with van der Waals surface area (Å²) in [5.41, 5.74) is 0.424. The Labute approximate surface area is 136 Å². The lowest BCUT2D eigenvalue weighted by Gasteiger charge is -2.09. The molecule has 8 heteroatoms. The summed E-state index contributed by atoms with van der Waals surface area (Å²) in [5.74, 6) is -0.955. The Morgan fingerprint density at radius 1 is 1.38 bits per heavy atom. The molecule has 0 radical (unpaired) electrons. The Kier molecular flexibility index (Phi) is 4.30. The van der Waals surface area contributed by atoms with Gasteiger partial charge in [-0.25, -0.2) is 4.98 Å². The molecule has 124 valence electrons. The number of carbonyl (C=O) groups is 1. The zero-order chi connectivity index (χ0) is 17.1. The fourth-order valence-corrected chi connectivity index (χ4v) is 2.25. The van der Waals surface area contributed by atoms with Crippen LogP contribution in [0, 0.1) is 0 Å². The first kappa shape index (κ1) is 15.8. The van der Waals surface area contributed by atoms with Crippen LogP contribution in [0.15, 0.2) is 41.3 Å². The summed E-state index contributed by atoms with van der Waals surface area (Å²) in [4.78, 5) is 31.8. The van der Waals surface area contributed by atoms with Gasteiger partial charge in [0.25, 0.3) is 11.5 Å². The van der Waals surface area contributed by atoms with Gasteiger partial charge in [-0.3, -0.25) is 19.5 Å². The summed E-state index contributed by atoms with van der Waals surface area (Å²) in [6.45, 7) is 2.22. The number of nitrogens with one attached hydrogen (secondary N) is 2. The van der Waals surface area contributed by atoms with E-state index < -0.39 is 17.2 Å². The SMILES string of the molecule is CCOCn1ccc(O)c(C(=O)Nc2nc3ccccc3[nH]2)c1=O. The summed E-state index contributed by atoms with van der Waals surface area (Å²) >= 11 is 0. The molecule has 0 unspecified atom stereocenters. The van der Waals surface area contributed by atoms with Crippen LogP contribution in [0.3, 0.4) is 0 Å². The van der Waals surface area contributed by atoms with Crippen LogP contribution in [0.5, 0.6) is 5.75 Å². The van der Waals surface area contributed by atoms with Gasteiger partial charge in [-0.1, -0.05) is 12.1 Å². The van der Waals surface area contributed by atoms with Crippen molar-refractivity contribution in [1.29, 1.82) is 0 Å². The molecule has 1 amide bonds. The summed E-state index contributed by atoms with van der Waals surface area (Å²) in [7, 11) is 0. The van der Waals surface area contributed by atoms with Gasteiger partial charge in [0.05, 0.1) is 11.0 Å². The normalized spacial score (nSPS) is 10.9. The van der Waals surface area contributed by atoms with Crippen LogP contribution in [0.25, 0.3) is 11.0 Å². The van der Waals surface area contributed by atoms with Crippen molar-refractivity contribution in [3.8, 4) is 5.75 Å². The van der Waals surface area contributed by atoms with Gasteiger partial charge in [-0.15, -0.1) is 0 Å². The van der Waals surface area contributed by atoms with Crippen molar-refractivity contribution in [3.05, 3.63) is 52.4 Å². The number of aromatic hydroxyl groups is 1. The maximum Gasteiger partial charge on any atom is 0.269 e. The number of hydrogen-bond acceptors (Lipinski definition) is 5. The highest BCUT2D eigenvalue weighted by Gasteiger charge is 2.19. The van der Waals surface area contributed by atoms with Crippen LogP contribution in [0.1, 0.15) is 17.3 Å². The number of aromatic nitrogens is 3.